The number of benzene rings is 1. The largest absolute Gasteiger partial charge is 0.497 e. The van der Waals surface area contributed by atoms with Gasteiger partial charge in [0.2, 0.25) is 0 Å². The molecule has 3 nitrogen and oxygen atoms in total. The Morgan fingerprint density at radius 2 is 1.89 bits per heavy atom. The zero-order valence-corrected chi connectivity index (χ0v) is 11.9. The van der Waals surface area contributed by atoms with E-state index in [-0.39, 0.29) is 11.3 Å². The van der Waals surface area contributed by atoms with Gasteiger partial charge < -0.3 is 14.5 Å². The molecular formula is C13H12BrF2NO2. The van der Waals surface area contributed by atoms with Crippen molar-refractivity contribution in [2.45, 2.75) is 6.04 Å². The van der Waals surface area contributed by atoms with Crippen molar-refractivity contribution in [2.24, 2.45) is 0 Å². The monoisotopic (exact) mass is 331 g/mol. The minimum atomic E-state index is -0.711. The Hall–Kier alpha value is -1.40. The molecule has 102 valence electrons. The van der Waals surface area contributed by atoms with Gasteiger partial charge in [0.1, 0.15) is 23.1 Å². The number of hydrogen-bond acceptors (Lipinski definition) is 3. The van der Waals surface area contributed by atoms with Crippen LogP contribution in [0.15, 0.2) is 33.4 Å². The van der Waals surface area contributed by atoms with Crippen LogP contribution in [0.4, 0.5) is 8.78 Å². The summed E-state index contributed by atoms with van der Waals surface area (Å²) in [6.45, 7) is 0. The van der Waals surface area contributed by atoms with Crippen molar-refractivity contribution >= 4 is 15.9 Å². The van der Waals surface area contributed by atoms with E-state index in [9.17, 15) is 8.78 Å². The maximum Gasteiger partial charge on any atom is 0.169 e. The number of hydrogen-bond donors (Lipinski definition) is 1. The number of halogens is 3. The van der Waals surface area contributed by atoms with Gasteiger partial charge >= 0.3 is 0 Å². The lowest BCUT2D eigenvalue weighted by Crippen LogP contribution is -2.20. The molecule has 0 saturated carbocycles. The summed E-state index contributed by atoms with van der Waals surface area (Å²) in [5.41, 5.74) is -0.106. The Bertz CT molecular complexity index is 563. The average molecular weight is 332 g/mol. The third kappa shape index (κ3) is 2.79. The van der Waals surface area contributed by atoms with E-state index in [0.29, 0.717) is 10.4 Å². The van der Waals surface area contributed by atoms with Crippen LogP contribution in [0.3, 0.4) is 0 Å². The number of nitrogens with one attached hydrogen (secondary N) is 1. The average Bonchev–Trinajstić information content (AvgIpc) is 2.79. The Morgan fingerprint density at radius 3 is 2.32 bits per heavy atom. The molecule has 1 aromatic heterocycles. The van der Waals surface area contributed by atoms with Crippen molar-refractivity contribution < 1.29 is 17.9 Å². The maximum absolute atomic E-state index is 14.0. The summed E-state index contributed by atoms with van der Waals surface area (Å²) in [7, 11) is 2.96. The third-order valence-corrected chi connectivity index (χ3v) is 3.17. The Morgan fingerprint density at radius 1 is 1.26 bits per heavy atom. The molecule has 0 radical (unpaired) electrons. The fourth-order valence-electron chi connectivity index (χ4n) is 1.87. The molecule has 0 aliphatic heterocycles. The van der Waals surface area contributed by atoms with Gasteiger partial charge in [-0.15, -0.1) is 0 Å². The molecule has 1 heterocycles. The van der Waals surface area contributed by atoms with Crippen LogP contribution in [0.5, 0.6) is 5.75 Å². The highest BCUT2D eigenvalue weighted by Crippen LogP contribution is 2.31. The molecule has 1 N–H and O–H groups in total. The molecule has 0 fully saturated rings. The normalized spacial score (nSPS) is 12.5. The number of methoxy groups -OCH3 is 1. The molecule has 0 saturated heterocycles. The molecule has 0 spiro atoms. The van der Waals surface area contributed by atoms with Crippen LogP contribution >= 0.6 is 15.9 Å². The van der Waals surface area contributed by atoms with E-state index in [1.807, 2.05) is 0 Å². The van der Waals surface area contributed by atoms with E-state index >= 15 is 0 Å². The second-order valence-corrected chi connectivity index (χ2v) is 4.65. The lowest BCUT2D eigenvalue weighted by molar-refractivity contribution is 0.397. The third-order valence-electron chi connectivity index (χ3n) is 2.74. The van der Waals surface area contributed by atoms with Gasteiger partial charge in [-0.05, 0) is 35.1 Å². The van der Waals surface area contributed by atoms with Gasteiger partial charge in [-0.1, -0.05) is 0 Å². The van der Waals surface area contributed by atoms with Crippen LogP contribution in [-0.4, -0.2) is 14.2 Å². The molecule has 1 aromatic carbocycles. The van der Waals surface area contributed by atoms with Crippen molar-refractivity contribution in [1.29, 1.82) is 0 Å². The van der Waals surface area contributed by atoms with E-state index in [4.69, 9.17) is 9.15 Å². The molecule has 2 aromatic rings. The van der Waals surface area contributed by atoms with E-state index in [1.54, 1.807) is 19.2 Å². The van der Waals surface area contributed by atoms with Gasteiger partial charge in [0.25, 0.3) is 0 Å². The quantitative estimate of drug-likeness (QED) is 0.928. The van der Waals surface area contributed by atoms with Crippen LogP contribution in [0.2, 0.25) is 0 Å². The van der Waals surface area contributed by atoms with Gasteiger partial charge in [0, 0.05) is 17.7 Å². The van der Waals surface area contributed by atoms with Crippen LogP contribution < -0.4 is 10.1 Å². The van der Waals surface area contributed by atoms with E-state index < -0.39 is 17.7 Å². The summed E-state index contributed by atoms with van der Waals surface area (Å²) < 4.78 is 38.7. The SMILES string of the molecule is CNC(c1ccc(Br)o1)c1c(F)cc(OC)cc1F. The Balaban J connectivity index is 2.49. The van der Waals surface area contributed by atoms with Crippen molar-refractivity contribution in [3.05, 3.63) is 51.9 Å². The number of furan rings is 1. The highest BCUT2D eigenvalue weighted by molar-refractivity contribution is 9.10. The minimum Gasteiger partial charge on any atom is -0.497 e. The predicted octanol–water partition coefficient (Wildman–Crippen LogP) is 3.64. The predicted molar refractivity (Wildman–Crippen MR) is 70.2 cm³/mol. The second-order valence-electron chi connectivity index (χ2n) is 3.87. The highest BCUT2D eigenvalue weighted by Gasteiger charge is 2.24. The highest BCUT2D eigenvalue weighted by atomic mass is 79.9. The van der Waals surface area contributed by atoms with Gasteiger partial charge in [-0.25, -0.2) is 8.78 Å². The van der Waals surface area contributed by atoms with Gasteiger partial charge in [0.05, 0.1) is 13.2 Å². The molecule has 0 bridgehead atoms. The van der Waals surface area contributed by atoms with Gasteiger partial charge in [-0.3, -0.25) is 0 Å². The molecule has 2 rings (SSSR count). The first-order chi connectivity index (χ1) is 9.06. The topological polar surface area (TPSA) is 34.4 Å². The van der Waals surface area contributed by atoms with Crippen molar-refractivity contribution in [1.82, 2.24) is 5.32 Å². The standard InChI is InChI=1S/C13H12BrF2NO2/c1-17-13(10-3-4-11(14)19-10)12-8(15)5-7(18-2)6-9(12)16/h3-6,13,17H,1-2H3. The minimum absolute atomic E-state index is 0.106. The molecule has 0 amide bonds. The summed E-state index contributed by atoms with van der Waals surface area (Å²) >= 11 is 3.16. The van der Waals surface area contributed by atoms with Crippen LogP contribution in [-0.2, 0) is 0 Å². The fourth-order valence-corrected chi connectivity index (χ4v) is 2.19. The molecular weight excluding hydrogens is 320 g/mol. The summed E-state index contributed by atoms with van der Waals surface area (Å²) in [6.07, 6.45) is 0. The summed E-state index contributed by atoms with van der Waals surface area (Å²) in [5, 5.41) is 2.83. The summed E-state index contributed by atoms with van der Waals surface area (Å²) in [4.78, 5) is 0. The first kappa shape index (κ1) is 14.0. The zero-order valence-electron chi connectivity index (χ0n) is 10.3. The molecule has 1 unspecified atom stereocenters. The first-order valence-corrected chi connectivity index (χ1v) is 6.31. The smallest absolute Gasteiger partial charge is 0.169 e. The van der Waals surface area contributed by atoms with Crippen molar-refractivity contribution in [2.75, 3.05) is 14.2 Å². The summed E-state index contributed by atoms with van der Waals surface area (Å²) in [5.74, 6) is -0.834. The van der Waals surface area contributed by atoms with Crippen LogP contribution in [0, 0.1) is 11.6 Å². The molecule has 19 heavy (non-hydrogen) atoms. The Kier molecular flexibility index (Phi) is 4.21. The Labute approximate surface area is 117 Å². The van der Waals surface area contributed by atoms with Crippen molar-refractivity contribution in [3.63, 3.8) is 0 Å². The van der Waals surface area contributed by atoms with Crippen molar-refractivity contribution in [3.8, 4) is 5.75 Å². The van der Waals surface area contributed by atoms with Gasteiger partial charge in [-0.2, -0.15) is 0 Å². The van der Waals surface area contributed by atoms with E-state index in [0.717, 1.165) is 12.1 Å². The number of rotatable bonds is 4. The fraction of sp³-hybridized carbons (Fsp3) is 0.231. The van der Waals surface area contributed by atoms with E-state index in [1.165, 1.54) is 7.11 Å². The lowest BCUT2D eigenvalue weighted by Gasteiger charge is -2.16. The summed E-state index contributed by atoms with van der Waals surface area (Å²) in [6, 6.07) is 4.88. The number of ether oxygens (including phenoxy) is 1. The van der Waals surface area contributed by atoms with Crippen LogP contribution in [0.1, 0.15) is 17.4 Å². The molecule has 6 heteroatoms. The molecule has 0 aliphatic carbocycles. The van der Waals surface area contributed by atoms with E-state index in [2.05, 4.69) is 21.2 Å². The van der Waals surface area contributed by atoms with Crippen LogP contribution in [0.25, 0.3) is 0 Å². The first-order valence-electron chi connectivity index (χ1n) is 5.52. The molecule has 0 aliphatic rings. The van der Waals surface area contributed by atoms with Gasteiger partial charge in [0.15, 0.2) is 4.67 Å². The lowest BCUT2D eigenvalue weighted by atomic mass is 10.0. The maximum atomic E-state index is 14.0. The molecule has 1 atom stereocenters. The zero-order chi connectivity index (χ0) is 14.0. The second kappa shape index (κ2) is 5.71.